The van der Waals surface area contributed by atoms with Crippen LogP contribution in [0.4, 0.5) is 0 Å². The van der Waals surface area contributed by atoms with Crippen molar-refractivity contribution in [3.05, 3.63) is 102 Å². The molecule has 2 aliphatic carbocycles. The molecule has 0 atom stereocenters. The van der Waals surface area contributed by atoms with Gasteiger partial charge >= 0.3 is 17.9 Å². The van der Waals surface area contributed by atoms with Gasteiger partial charge in [-0.1, -0.05) is 74.4 Å². The number of esters is 2. The average Bonchev–Trinajstić information content (AvgIpc) is 3.91. The summed E-state index contributed by atoms with van der Waals surface area (Å²) >= 11 is 20.8. The minimum atomic E-state index is -1.01. The number of carbonyl (C=O) groups is 3. The Morgan fingerprint density at radius 1 is 0.698 bits per heavy atom. The molecule has 0 spiro atoms. The maximum absolute atomic E-state index is 11.3. The van der Waals surface area contributed by atoms with E-state index < -0.39 is 17.9 Å². The Balaban J connectivity index is 0.000000179. The average molecular weight is 705 g/mol. The van der Waals surface area contributed by atoms with Gasteiger partial charge in [0.25, 0.3) is 0 Å². The van der Waals surface area contributed by atoms with E-state index in [0.717, 1.165) is 15.6 Å². The molecule has 1 N–H and O–H groups in total. The summed E-state index contributed by atoms with van der Waals surface area (Å²) in [6, 6.07) is 14.9. The summed E-state index contributed by atoms with van der Waals surface area (Å²) < 4.78 is 9.96. The third kappa shape index (κ3) is 11.3. The van der Waals surface area contributed by atoms with Crippen LogP contribution >= 0.6 is 50.7 Å². The van der Waals surface area contributed by atoms with Crippen molar-refractivity contribution in [3.8, 4) is 23.7 Å². The van der Waals surface area contributed by atoms with Crippen LogP contribution < -0.4 is 0 Å². The molecule has 43 heavy (non-hydrogen) atoms. The third-order valence-corrected chi connectivity index (χ3v) is 7.34. The fourth-order valence-corrected chi connectivity index (χ4v) is 4.50. The first-order valence-corrected chi connectivity index (χ1v) is 14.9. The molecule has 2 saturated carbocycles. The van der Waals surface area contributed by atoms with Crippen LogP contribution in [0.25, 0.3) is 0 Å². The van der Waals surface area contributed by atoms with Gasteiger partial charge in [0, 0.05) is 27.4 Å². The summed E-state index contributed by atoms with van der Waals surface area (Å²) in [5, 5.41) is 9.77. The van der Waals surface area contributed by atoms with E-state index in [0.29, 0.717) is 33.0 Å². The highest BCUT2D eigenvalue weighted by molar-refractivity contribution is 9.10. The van der Waals surface area contributed by atoms with E-state index in [4.69, 9.17) is 39.9 Å². The molecule has 10 heteroatoms. The summed E-state index contributed by atoms with van der Waals surface area (Å²) in [5.41, 5.74) is 2.48. The summed E-state index contributed by atoms with van der Waals surface area (Å²) in [7, 11) is 2.65. The molecule has 0 radical (unpaired) electrons. The lowest BCUT2D eigenvalue weighted by atomic mass is 10.1. The molecule has 0 bridgehead atoms. The smallest absolute Gasteiger partial charge is 0.339 e. The molecule has 0 aromatic heterocycles. The molecule has 0 saturated heterocycles. The number of methoxy groups -OCH3 is 2. The molecule has 6 nitrogen and oxygen atoms in total. The second-order valence-corrected chi connectivity index (χ2v) is 11.5. The maximum Gasteiger partial charge on any atom is 0.339 e. The SMILES string of the molecule is COC(=O)c1ccc(Br)cc1Cl.COC(=O)c1ccc(C#CC2CC2)cc1Cl.O=C(O)c1ccc(C#CC2CC2)cc1Cl. The van der Waals surface area contributed by atoms with Crippen molar-refractivity contribution in [3.63, 3.8) is 0 Å². The molecule has 0 amide bonds. The van der Waals surface area contributed by atoms with Gasteiger partial charge in [0.05, 0.1) is 46.0 Å². The Bertz CT molecular complexity index is 1640. The predicted octanol–water partition coefficient (Wildman–Crippen LogP) is 8.58. The third-order valence-electron chi connectivity index (χ3n) is 5.91. The van der Waals surface area contributed by atoms with Gasteiger partial charge in [0.2, 0.25) is 0 Å². The van der Waals surface area contributed by atoms with Gasteiger partial charge in [-0.25, -0.2) is 14.4 Å². The zero-order valence-electron chi connectivity index (χ0n) is 23.2. The molecular weight excluding hydrogens is 679 g/mol. The molecule has 0 unspecified atom stereocenters. The number of halogens is 4. The van der Waals surface area contributed by atoms with Gasteiger partial charge in [0.15, 0.2) is 0 Å². The highest BCUT2D eigenvalue weighted by Gasteiger charge is 2.18. The second-order valence-electron chi connectivity index (χ2n) is 9.39. The van der Waals surface area contributed by atoms with Crippen LogP contribution in [0.2, 0.25) is 15.1 Å². The minimum absolute atomic E-state index is 0.119. The molecule has 2 aliphatic rings. The number of aromatic carboxylic acids is 1. The maximum atomic E-state index is 11.3. The van der Waals surface area contributed by atoms with Gasteiger partial charge in [-0.15, -0.1) is 0 Å². The molecule has 3 aromatic carbocycles. The number of carbonyl (C=O) groups excluding carboxylic acids is 2. The summed E-state index contributed by atoms with van der Waals surface area (Å²) in [6.45, 7) is 0. The zero-order valence-corrected chi connectivity index (χ0v) is 27.0. The lowest BCUT2D eigenvalue weighted by Crippen LogP contribution is -2.01. The summed E-state index contributed by atoms with van der Waals surface area (Å²) in [6.07, 6.45) is 4.74. The van der Waals surface area contributed by atoms with Crippen molar-refractivity contribution in [1.29, 1.82) is 0 Å². The minimum Gasteiger partial charge on any atom is -0.478 e. The van der Waals surface area contributed by atoms with Crippen molar-refractivity contribution < 1.29 is 29.0 Å². The van der Waals surface area contributed by atoms with Gasteiger partial charge in [-0.3, -0.25) is 0 Å². The monoisotopic (exact) mass is 702 g/mol. The fraction of sp³-hybridized carbons (Fsp3) is 0.242. The number of carboxylic acid groups (broad SMARTS) is 1. The first-order valence-electron chi connectivity index (χ1n) is 13.0. The number of rotatable bonds is 3. The van der Waals surface area contributed by atoms with E-state index in [1.807, 2.05) is 0 Å². The van der Waals surface area contributed by atoms with Crippen LogP contribution in [0.5, 0.6) is 0 Å². The Morgan fingerprint density at radius 3 is 1.44 bits per heavy atom. The Labute approximate surface area is 273 Å². The number of carboxylic acids is 1. The van der Waals surface area contributed by atoms with Gasteiger partial charge in [-0.2, -0.15) is 0 Å². The van der Waals surface area contributed by atoms with E-state index in [-0.39, 0.29) is 10.6 Å². The molecule has 0 aliphatic heterocycles. The topological polar surface area (TPSA) is 89.9 Å². The van der Waals surface area contributed by atoms with Crippen molar-refractivity contribution >= 4 is 68.6 Å². The lowest BCUT2D eigenvalue weighted by Gasteiger charge is -2.01. The van der Waals surface area contributed by atoms with Crippen LogP contribution in [-0.2, 0) is 9.47 Å². The summed E-state index contributed by atoms with van der Waals surface area (Å²) in [4.78, 5) is 33.0. The van der Waals surface area contributed by atoms with E-state index in [2.05, 4.69) is 49.1 Å². The molecule has 222 valence electrons. The lowest BCUT2D eigenvalue weighted by molar-refractivity contribution is 0.0592. The van der Waals surface area contributed by atoms with Crippen molar-refractivity contribution in [2.24, 2.45) is 11.8 Å². The van der Waals surface area contributed by atoms with Crippen LogP contribution in [0.1, 0.15) is 67.9 Å². The Morgan fingerprint density at radius 2 is 1.09 bits per heavy atom. The second kappa shape index (κ2) is 16.4. The molecule has 0 heterocycles. The van der Waals surface area contributed by atoms with E-state index in [1.54, 1.807) is 48.5 Å². The number of hydrogen-bond donors (Lipinski definition) is 1. The van der Waals surface area contributed by atoms with Gasteiger partial charge in [0.1, 0.15) is 0 Å². The quantitative estimate of drug-likeness (QED) is 0.217. The predicted molar refractivity (Wildman–Crippen MR) is 171 cm³/mol. The molecular formula is C33H26BrCl3O6. The standard InChI is InChI=1S/C13H11ClO2.C12H9ClO2.C8H6BrClO2/c1-16-13(15)11-7-6-10(8-12(11)14)5-4-9-2-3-9;13-11-7-9(4-3-8-1-2-8)5-6-10(11)12(14)15;1-12-8(11)6-3-2-5(9)4-7(6)10/h6-9H,2-3H2,1H3;5-8H,1-2H2,(H,14,15);2-4H,1H3. The van der Waals surface area contributed by atoms with Gasteiger partial charge in [-0.05, 0) is 80.3 Å². The van der Waals surface area contributed by atoms with Crippen molar-refractivity contribution in [2.45, 2.75) is 25.7 Å². The summed E-state index contributed by atoms with van der Waals surface area (Å²) in [5.74, 6) is 11.5. The largest absolute Gasteiger partial charge is 0.478 e. The first kappa shape index (κ1) is 34.0. The fourth-order valence-electron chi connectivity index (χ4n) is 3.23. The Kier molecular flexibility index (Phi) is 13.0. The van der Waals surface area contributed by atoms with Crippen molar-refractivity contribution in [1.82, 2.24) is 0 Å². The van der Waals surface area contributed by atoms with Crippen LogP contribution in [0.15, 0.2) is 59.1 Å². The zero-order chi connectivity index (χ0) is 31.5. The Hall–Kier alpha value is -3.46. The van der Waals surface area contributed by atoms with E-state index >= 15 is 0 Å². The molecule has 3 aromatic rings. The van der Waals surface area contributed by atoms with Crippen LogP contribution in [-0.4, -0.2) is 37.2 Å². The van der Waals surface area contributed by atoms with Crippen LogP contribution in [0.3, 0.4) is 0 Å². The van der Waals surface area contributed by atoms with E-state index in [1.165, 1.54) is 46.0 Å². The highest BCUT2D eigenvalue weighted by Crippen LogP contribution is 2.28. The van der Waals surface area contributed by atoms with E-state index in [9.17, 15) is 14.4 Å². The van der Waals surface area contributed by atoms with Gasteiger partial charge < -0.3 is 14.6 Å². The number of benzene rings is 3. The number of ether oxygens (including phenoxy) is 2. The number of hydrogen-bond acceptors (Lipinski definition) is 5. The first-order chi connectivity index (χ1) is 20.5. The van der Waals surface area contributed by atoms with Crippen molar-refractivity contribution in [2.75, 3.05) is 14.2 Å². The van der Waals surface area contributed by atoms with Crippen LogP contribution in [0, 0.1) is 35.5 Å². The normalized spacial score (nSPS) is 12.8. The molecule has 2 fully saturated rings. The molecule has 5 rings (SSSR count). The highest BCUT2D eigenvalue weighted by atomic mass is 79.9.